The Hall–Kier alpha value is -3.74. The summed E-state index contributed by atoms with van der Waals surface area (Å²) in [5.41, 5.74) is 5.60. The Morgan fingerprint density at radius 1 is 0.676 bits per heavy atom. The van der Waals surface area contributed by atoms with Gasteiger partial charge in [-0.15, -0.1) is 22.7 Å². The van der Waals surface area contributed by atoms with E-state index in [1.807, 2.05) is 85.3 Å². The molecule has 0 aliphatic heterocycles. The Bertz CT molecular complexity index is 1250. The van der Waals surface area contributed by atoms with Crippen LogP contribution in [-0.4, -0.2) is 11.8 Å². The summed E-state index contributed by atoms with van der Waals surface area (Å²) >= 11 is 3.18. The van der Waals surface area contributed by atoms with Crippen molar-refractivity contribution >= 4 is 58.0 Å². The molecule has 0 atom stereocenters. The second-order valence-electron chi connectivity index (χ2n) is 7.74. The molecule has 170 valence electrons. The van der Waals surface area contributed by atoms with Crippen LogP contribution in [0.2, 0.25) is 0 Å². The van der Waals surface area contributed by atoms with Crippen LogP contribution in [0.4, 0.5) is 11.4 Å². The summed E-state index contributed by atoms with van der Waals surface area (Å²) in [5.74, 6) is -0.318. The minimum Gasteiger partial charge on any atom is -0.322 e. The summed E-state index contributed by atoms with van der Waals surface area (Å²) in [7, 11) is 0. The third-order valence-electron chi connectivity index (χ3n) is 5.19. The minimum absolute atomic E-state index is 0.159. The van der Waals surface area contributed by atoms with E-state index in [0.29, 0.717) is 0 Å². The van der Waals surface area contributed by atoms with Crippen LogP contribution in [0, 0.1) is 13.8 Å². The first-order valence-corrected chi connectivity index (χ1v) is 12.5. The SMILES string of the molecule is Cc1cc(-c2ccc(NC(=O)C=Cc3cccs3)c(C)c2)ccc1NC(=O)C=Cc1cccs1. The molecule has 2 heterocycles. The van der Waals surface area contributed by atoms with E-state index < -0.39 is 0 Å². The predicted molar refractivity (Wildman–Crippen MR) is 145 cm³/mol. The zero-order valence-electron chi connectivity index (χ0n) is 18.9. The number of rotatable bonds is 7. The molecule has 0 unspecified atom stereocenters. The third-order valence-corrected chi connectivity index (χ3v) is 6.86. The number of nitrogens with one attached hydrogen (secondary N) is 2. The number of amides is 2. The van der Waals surface area contributed by atoms with E-state index in [9.17, 15) is 9.59 Å². The summed E-state index contributed by atoms with van der Waals surface area (Å²) in [6, 6.07) is 19.8. The van der Waals surface area contributed by atoms with Crippen molar-refractivity contribution in [3.8, 4) is 11.1 Å². The van der Waals surface area contributed by atoms with E-state index in [1.165, 1.54) is 0 Å². The van der Waals surface area contributed by atoms with E-state index >= 15 is 0 Å². The van der Waals surface area contributed by atoms with Crippen molar-refractivity contribution in [2.24, 2.45) is 0 Å². The van der Waals surface area contributed by atoms with Crippen molar-refractivity contribution < 1.29 is 9.59 Å². The van der Waals surface area contributed by atoms with Gasteiger partial charge in [0.1, 0.15) is 0 Å². The van der Waals surface area contributed by atoms with Crippen LogP contribution in [0.1, 0.15) is 20.9 Å². The van der Waals surface area contributed by atoms with Crippen LogP contribution in [-0.2, 0) is 9.59 Å². The molecule has 0 spiro atoms. The molecule has 2 aromatic carbocycles. The van der Waals surface area contributed by atoms with Gasteiger partial charge in [-0.25, -0.2) is 0 Å². The van der Waals surface area contributed by atoms with Crippen molar-refractivity contribution in [3.63, 3.8) is 0 Å². The van der Waals surface area contributed by atoms with E-state index in [4.69, 9.17) is 0 Å². The average molecular weight is 485 g/mol. The zero-order valence-corrected chi connectivity index (χ0v) is 20.5. The van der Waals surface area contributed by atoms with Crippen molar-refractivity contribution in [2.45, 2.75) is 13.8 Å². The lowest BCUT2D eigenvalue weighted by atomic mass is 10.00. The highest BCUT2D eigenvalue weighted by Crippen LogP contribution is 2.28. The number of carbonyl (C=O) groups excluding carboxylic acids is 2. The second-order valence-corrected chi connectivity index (χ2v) is 9.69. The smallest absolute Gasteiger partial charge is 0.248 e. The second kappa shape index (κ2) is 10.9. The van der Waals surface area contributed by atoms with Gasteiger partial charge >= 0.3 is 0 Å². The van der Waals surface area contributed by atoms with Crippen LogP contribution >= 0.6 is 22.7 Å². The van der Waals surface area contributed by atoms with Gasteiger partial charge in [0.05, 0.1) is 0 Å². The van der Waals surface area contributed by atoms with Gasteiger partial charge in [-0.2, -0.15) is 0 Å². The quantitative estimate of drug-likeness (QED) is 0.269. The highest BCUT2D eigenvalue weighted by Gasteiger charge is 2.08. The maximum atomic E-state index is 12.3. The Kier molecular flexibility index (Phi) is 7.52. The standard InChI is InChI=1S/C28H24N2O2S2/c1-19-17-21(7-11-25(19)29-27(31)13-9-23-5-3-15-33-23)22-8-12-26(20(2)18-22)30-28(32)14-10-24-6-4-16-34-24/h3-18H,1-2H3,(H,29,31)(H,30,32). The highest BCUT2D eigenvalue weighted by atomic mass is 32.1. The fourth-order valence-electron chi connectivity index (χ4n) is 3.40. The summed E-state index contributed by atoms with van der Waals surface area (Å²) in [4.78, 5) is 26.6. The number of aryl methyl sites for hydroxylation is 2. The van der Waals surface area contributed by atoms with Gasteiger partial charge < -0.3 is 10.6 Å². The van der Waals surface area contributed by atoms with Crippen LogP contribution < -0.4 is 10.6 Å². The Balaban J connectivity index is 1.41. The van der Waals surface area contributed by atoms with Gasteiger partial charge in [-0.1, -0.05) is 24.3 Å². The van der Waals surface area contributed by atoms with Crippen molar-refractivity contribution in [2.75, 3.05) is 10.6 Å². The van der Waals surface area contributed by atoms with Gasteiger partial charge in [-0.3, -0.25) is 9.59 Å². The molecule has 2 aromatic heterocycles. The van der Waals surface area contributed by atoms with E-state index in [1.54, 1.807) is 34.8 Å². The Morgan fingerprint density at radius 3 is 1.47 bits per heavy atom. The van der Waals surface area contributed by atoms with Crippen molar-refractivity contribution in [3.05, 3.63) is 104 Å². The molecule has 4 aromatic rings. The lowest BCUT2D eigenvalue weighted by molar-refractivity contribution is -0.112. The van der Waals surface area contributed by atoms with Gasteiger partial charge in [0, 0.05) is 33.3 Å². The van der Waals surface area contributed by atoms with E-state index in [2.05, 4.69) is 22.8 Å². The summed E-state index contributed by atoms with van der Waals surface area (Å²) in [6.45, 7) is 3.95. The average Bonchev–Trinajstić information content (AvgIpc) is 3.53. The topological polar surface area (TPSA) is 58.2 Å². The van der Waals surface area contributed by atoms with Crippen molar-refractivity contribution in [1.29, 1.82) is 0 Å². The van der Waals surface area contributed by atoms with Crippen LogP contribution in [0.5, 0.6) is 0 Å². The van der Waals surface area contributed by atoms with Gasteiger partial charge in [0.2, 0.25) is 11.8 Å². The van der Waals surface area contributed by atoms with E-state index in [0.717, 1.165) is 43.4 Å². The largest absolute Gasteiger partial charge is 0.322 e. The number of benzene rings is 2. The molecule has 0 fully saturated rings. The predicted octanol–water partition coefficient (Wildman–Crippen LogP) is 7.40. The molecule has 2 N–H and O–H groups in total. The number of thiophene rings is 2. The van der Waals surface area contributed by atoms with Crippen LogP contribution in [0.15, 0.2) is 83.6 Å². The highest BCUT2D eigenvalue weighted by molar-refractivity contribution is 7.11. The normalized spacial score (nSPS) is 11.2. The summed E-state index contributed by atoms with van der Waals surface area (Å²) in [6.07, 6.45) is 6.71. The molecule has 0 aliphatic carbocycles. The van der Waals surface area contributed by atoms with Crippen LogP contribution in [0.25, 0.3) is 23.3 Å². The molecule has 0 saturated heterocycles. The van der Waals surface area contributed by atoms with E-state index in [-0.39, 0.29) is 11.8 Å². The Morgan fingerprint density at radius 2 is 1.12 bits per heavy atom. The maximum Gasteiger partial charge on any atom is 0.248 e. The first-order valence-electron chi connectivity index (χ1n) is 10.7. The Labute approximate surface area is 207 Å². The monoisotopic (exact) mass is 484 g/mol. The van der Waals surface area contributed by atoms with Gasteiger partial charge in [0.15, 0.2) is 0 Å². The summed E-state index contributed by atoms with van der Waals surface area (Å²) in [5, 5.41) is 9.84. The summed E-state index contributed by atoms with van der Waals surface area (Å²) < 4.78 is 0. The molecule has 4 rings (SSSR count). The lowest BCUT2D eigenvalue weighted by Gasteiger charge is -2.12. The third kappa shape index (κ3) is 6.19. The number of anilines is 2. The number of carbonyl (C=O) groups is 2. The molecule has 34 heavy (non-hydrogen) atoms. The lowest BCUT2D eigenvalue weighted by Crippen LogP contribution is -2.09. The zero-order chi connectivity index (χ0) is 23.9. The molecule has 4 nitrogen and oxygen atoms in total. The molecular weight excluding hydrogens is 460 g/mol. The number of hydrogen-bond acceptors (Lipinski definition) is 4. The van der Waals surface area contributed by atoms with Crippen molar-refractivity contribution in [1.82, 2.24) is 0 Å². The van der Waals surface area contributed by atoms with Gasteiger partial charge in [-0.05, 0) is 95.4 Å². The molecular formula is C28H24N2O2S2. The van der Waals surface area contributed by atoms with Gasteiger partial charge in [0.25, 0.3) is 0 Å². The molecule has 6 heteroatoms. The van der Waals surface area contributed by atoms with Crippen LogP contribution in [0.3, 0.4) is 0 Å². The molecule has 0 radical (unpaired) electrons. The maximum absolute atomic E-state index is 12.3. The fourth-order valence-corrected chi connectivity index (χ4v) is 4.64. The number of hydrogen-bond donors (Lipinski definition) is 2. The molecule has 0 saturated carbocycles. The molecule has 2 amide bonds. The first-order chi connectivity index (χ1) is 16.5. The molecule has 0 bridgehead atoms. The fraction of sp³-hybridized carbons (Fsp3) is 0.0714. The first kappa shape index (κ1) is 23.4. The molecule has 0 aliphatic rings. The minimum atomic E-state index is -0.159.